The van der Waals surface area contributed by atoms with Gasteiger partial charge in [-0.1, -0.05) is 12.1 Å². The number of thioether (sulfide) groups is 1. The van der Waals surface area contributed by atoms with Gasteiger partial charge in [0, 0.05) is 47.3 Å². The number of piperidine rings is 1. The van der Waals surface area contributed by atoms with Gasteiger partial charge in [0.2, 0.25) is 0 Å². The fourth-order valence-corrected chi connectivity index (χ4v) is 6.18. The van der Waals surface area contributed by atoms with Gasteiger partial charge in [0.25, 0.3) is 0 Å². The van der Waals surface area contributed by atoms with Gasteiger partial charge in [-0.15, -0.1) is 16.4 Å². The summed E-state index contributed by atoms with van der Waals surface area (Å²) >= 11 is 1.90. The molecule has 1 fully saturated rings. The lowest BCUT2D eigenvalue weighted by Gasteiger charge is -2.47. The van der Waals surface area contributed by atoms with E-state index in [0.717, 1.165) is 44.5 Å². The Balaban J connectivity index is 1.37. The molecule has 2 atom stereocenters. The third-order valence-electron chi connectivity index (χ3n) is 6.00. The first-order valence-corrected chi connectivity index (χ1v) is 12.2. The molecule has 2 aliphatic rings. The molecule has 4 heterocycles. The first-order valence-electron chi connectivity index (χ1n) is 10.4. The highest BCUT2D eigenvalue weighted by molar-refractivity contribution is 8.00. The first kappa shape index (κ1) is 22.1. The number of nitrogens with zero attached hydrogens (tertiary/aromatic N) is 4. The Morgan fingerprint density at radius 3 is 2.97 bits per heavy atom. The van der Waals surface area contributed by atoms with Crippen molar-refractivity contribution in [3.63, 3.8) is 0 Å². The molecule has 5 nitrogen and oxygen atoms in total. The Morgan fingerprint density at radius 2 is 2.23 bits per heavy atom. The van der Waals surface area contributed by atoms with Crippen molar-refractivity contribution in [3.8, 4) is 0 Å². The SMILES string of the molecule is CCc1cc2c(s1)CCO[C@@]21CCN(Cc2cn(CCSC(F)(F)F)nn2)[C@@H](C)C1. The van der Waals surface area contributed by atoms with Crippen molar-refractivity contribution in [2.45, 2.75) is 69.8 Å². The third-order valence-corrected chi connectivity index (χ3v) is 8.05. The topological polar surface area (TPSA) is 43.2 Å². The molecule has 30 heavy (non-hydrogen) atoms. The molecule has 0 aromatic carbocycles. The molecular weight excluding hydrogens is 433 g/mol. The monoisotopic (exact) mass is 460 g/mol. The number of hydrogen-bond donors (Lipinski definition) is 0. The van der Waals surface area contributed by atoms with E-state index in [1.807, 2.05) is 11.3 Å². The molecule has 166 valence electrons. The Hall–Kier alpha value is -1.10. The molecule has 10 heteroatoms. The predicted molar refractivity (Wildman–Crippen MR) is 113 cm³/mol. The van der Waals surface area contributed by atoms with Crippen molar-refractivity contribution in [2.75, 3.05) is 18.9 Å². The van der Waals surface area contributed by atoms with Crippen LogP contribution in [-0.2, 0) is 36.3 Å². The Bertz CT molecular complexity index is 869. The van der Waals surface area contributed by atoms with Crippen LogP contribution >= 0.6 is 23.1 Å². The fourth-order valence-electron chi connectivity index (χ4n) is 4.49. The van der Waals surface area contributed by atoms with Gasteiger partial charge in [0.15, 0.2) is 0 Å². The normalized spacial score (nSPS) is 25.0. The Morgan fingerprint density at radius 1 is 1.40 bits per heavy atom. The zero-order chi connectivity index (χ0) is 21.4. The van der Waals surface area contributed by atoms with Gasteiger partial charge in [-0.25, -0.2) is 0 Å². The molecule has 0 aliphatic carbocycles. The van der Waals surface area contributed by atoms with Crippen LogP contribution in [0.3, 0.4) is 0 Å². The summed E-state index contributed by atoms with van der Waals surface area (Å²) in [7, 11) is 0. The zero-order valence-corrected chi connectivity index (χ0v) is 18.9. The van der Waals surface area contributed by atoms with E-state index in [-0.39, 0.29) is 29.7 Å². The quantitative estimate of drug-likeness (QED) is 0.630. The molecule has 0 saturated carbocycles. The third kappa shape index (κ3) is 4.87. The van der Waals surface area contributed by atoms with Gasteiger partial charge in [-0.3, -0.25) is 9.58 Å². The maximum atomic E-state index is 12.3. The lowest BCUT2D eigenvalue weighted by molar-refractivity contribution is -0.112. The Labute approximate surface area is 183 Å². The molecule has 0 amide bonds. The van der Waals surface area contributed by atoms with Crippen LogP contribution in [0.25, 0.3) is 0 Å². The average Bonchev–Trinajstić information content (AvgIpc) is 3.31. The average molecular weight is 461 g/mol. The van der Waals surface area contributed by atoms with Crippen LogP contribution in [0.5, 0.6) is 0 Å². The number of alkyl halides is 3. The smallest absolute Gasteiger partial charge is 0.370 e. The number of ether oxygens (including phenoxy) is 1. The number of rotatable bonds is 6. The Kier molecular flexibility index (Phi) is 6.48. The van der Waals surface area contributed by atoms with Crippen molar-refractivity contribution in [1.29, 1.82) is 0 Å². The number of fused-ring (bicyclic) bond motifs is 2. The van der Waals surface area contributed by atoms with Crippen LogP contribution in [-0.4, -0.2) is 50.3 Å². The molecule has 0 bridgehead atoms. The van der Waals surface area contributed by atoms with Gasteiger partial charge in [0.05, 0.1) is 24.4 Å². The molecule has 2 aromatic rings. The highest BCUT2D eigenvalue weighted by atomic mass is 32.2. The molecule has 4 rings (SSSR count). The highest BCUT2D eigenvalue weighted by Crippen LogP contribution is 2.46. The van der Waals surface area contributed by atoms with Crippen LogP contribution in [0.1, 0.15) is 47.7 Å². The first-order chi connectivity index (χ1) is 14.3. The van der Waals surface area contributed by atoms with Crippen molar-refractivity contribution in [2.24, 2.45) is 0 Å². The number of aryl methyl sites for hydroxylation is 2. The van der Waals surface area contributed by atoms with E-state index in [9.17, 15) is 13.2 Å². The molecule has 0 radical (unpaired) electrons. The van der Waals surface area contributed by atoms with Gasteiger partial charge >= 0.3 is 5.51 Å². The summed E-state index contributed by atoms with van der Waals surface area (Å²) in [4.78, 5) is 5.29. The van der Waals surface area contributed by atoms with Gasteiger partial charge < -0.3 is 4.74 Å². The van der Waals surface area contributed by atoms with Crippen LogP contribution in [0.15, 0.2) is 12.3 Å². The van der Waals surface area contributed by atoms with E-state index in [0.29, 0.717) is 12.6 Å². The van der Waals surface area contributed by atoms with Crippen LogP contribution in [0, 0.1) is 0 Å². The summed E-state index contributed by atoms with van der Waals surface area (Å²) in [5.74, 6) is -0.0605. The number of thiophene rings is 1. The maximum absolute atomic E-state index is 12.3. The summed E-state index contributed by atoms with van der Waals surface area (Å²) < 4.78 is 44.7. The largest absolute Gasteiger partial charge is 0.441 e. The summed E-state index contributed by atoms with van der Waals surface area (Å²) in [6.07, 6.45) is 5.72. The number of aromatic nitrogens is 3. The second-order valence-corrected chi connectivity index (χ2v) is 10.4. The number of likely N-dealkylation sites (tertiary alicyclic amines) is 1. The summed E-state index contributed by atoms with van der Waals surface area (Å²) in [5.41, 5.74) is -2.19. The van der Waals surface area contributed by atoms with Crippen LogP contribution in [0.2, 0.25) is 0 Å². The lowest BCUT2D eigenvalue weighted by Crippen LogP contribution is -2.50. The minimum absolute atomic E-state index is 0.0283. The summed E-state index contributed by atoms with van der Waals surface area (Å²) in [5, 5.41) is 8.15. The molecule has 0 N–H and O–H groups in total. The van der Waals surface area contributed by atoms with E-state index >= 15 is 0 Å². The van der Waals surface area contributed by atoms with Crippen molar-refractivity contribution >= 4 is 23.1 Å². The fraction of sp³-hybridized carbons (Fsp3) is 0.700. The number of halogens is 3. The minimum Gasteiger partial charge on any atom is -0.370 e. The van der Waals surface area contributed by atoms with E-state index in [1.165, 1.54) is 20.0 Å². The van der Waals surface area contributed by atoms with E-state index in [1.54, 1.807) is 6.20 Å². The molecule has 2 aromatic heterocycles. The van der Waals surface area contributed by atoms with Gasteiger partial charge in [-0.2, -0.15) is 13.2 Å². The van der Waals surface area contributed by atoms with Crippen LogP contribution in [0.4, 0.5) is 13.2 Å². The van der Waals surface area contributed by atoms with E-state index in [4.69, 9.17) is 4.74 Å². The highest BCUT2D eigenvalue weighted by Gasteiger charge is 2.44. The van der Waals surface area contributed by atoms with Crippen molar-refractivity contribution in [1.82, 2.24) is 19.9 Å². The van der Waals surface area contributed by atoms with Gasteiger partial charge in [0.1, 0.15) is 0 Å². The zero-order valence-electron chi connectivity index (χ0n) is 17.2. The molecular formula is C20H27F3N4OS2. The second-order valence-electron chi connectivity index (χ2n) is 8.04. The predicted octanol–water partition coefficient (Wildman–Crippen LogP) is 4.61. The molecule has 2 aliphatic heterocycles. The van der Waals surface area contributed by atoms with Crippen molar-refractivity contribution < 1.29 is 17.9 Å². The minimum atomic E-state index is -4.20. The van der Waals surface area contributed by atoms with Crippen LogP contribution < -0.4 is 0 Å². The van der Waals surface area contributed by atoms with Crippen molar-refractivity contribution in [3.05, 3.63) is 33.3 Å². The molecule has 0 unspecified atom stereocenters. The summed E-state index contributed by atoms with van der Waals surface area (Å²) in [6, 6.07) is 2.67. The second kappa shape index (κ2) is 8.80. The molecule has 1 spiro atoms. The molecule has 1 saturated heterocycles. The standard InChI is InChI=1S/C20H27F3N4OS2/c1-3-16-10-17-18(30-16)4-8-28-19(17)5-6-26(14(2)11-19)12-15-13-27(25-24-15)7-9-29-20(21,22)23/h10,13-14H,3-9,11-12H2,1-2H3/t14-,19+/m0/s1. The maximum Gasteiger partial charge on any atom is 0.441 e. The summed E-state index contributed by atoms with van der Waals surface area (Å²) in [6.45, 7) is 6.95. The number of hydrogen-bond acceptors (Lipinski definition) is 6. The van der Waals surface area contributed by atoms with E-state index in [2.05, 4.69) is 35.1 Å². The van der Waals surface area contributed by atoms with Gasteiger partial charge in [-0.05, 0) is 49.6 Å². The van der Waals surface area contributed by atoms with E-state index < -0.39 is 5.51 Å². The lowest BCUT2D eigenvalue weighted by atomic mass is 9.79.